The molecule has 1 aromatic carbocycles. The summed E-state index contributed by atoms with van der Waals surface area (Å²) < 4.78 is 2.15. The van der Waals surface area contributed by atoms with Gasteiger partial charge in [-0.25, -0.2) is 0 Å². The van der Waals surface area contributed by atoms with Gasteiger partial charge < -0.3 is 19.9 Å². The Labute approximate surface area is 164 Å². The van der Waals surface area contributed by atoms with E-state index < -0.39 is 0 Å². The zero-order valence-corrected chi connectivity index (χ0v) is 15.9. The van der Waals surface area contributed by atoms with Crippen LogP contribution in [0.5, 0.6) is 5.75 Å². The second-order valence-electron chi connectivity index (χ2n) is 6.64. The molecular formula is C21H22N4OS. The van der Waals surface area contributed by atoms with Gasteiger partial charge in [0.2, 0.25) is 0 Å². The minimum atomic E-state index is -0.0176. The maximum Gasteiger partial charge on any atom is 0.170 e. The molecule has 2 atom stereocenters. The summed E-state index contributed by atoms with van der Waals surface area (Å²) in [6.07, 6.45) is 4.87. The maximum atomic E-state index is 9.62. The summed E-state index contributed by atoms with van der Waals surface area (Å²) in [5, 5.41) is 13.9. The molecule has 0 spiro atoms. The second kappa shape index (κ2) is 7.40. The molecule has 1 fully saturated rings. The van der Waals surface area contributed by atoms with Crippen molar-refractivity contribution in [1.82, 2.24) is 19.8 Å². The van der Waals surface area contributed by atoms with E-state index in [1.807, 2.05) is 48.8 Å². The smallest absolute Gasteiger partial charge is 0.170 e. The quantitative estimate of drug-likeness (QED) is 0.658. The van der Waals surface area contributed by atoms with Crippen LogP contribution in [-0.2, 0) is 0 Å². The number of phenols is 1. The van der Waals surface area contributed by atoms with Crippen molar-refractivity contribution in [3.63, 3.8) is 0 Å². The number of rotatable bonds is 5. The molecule has 0 unspecified atom stereocenters. The van der Waals surface area contributed by atoms with Gasteiger partial charge in [-0.3, -0.25) is 4.98 Å². The molecule has 0 saturated carbocycles. The van der Waals surface area contributed by atoms with Crippen molar-refractivity contribution < 1.29 is 5.11 Å². The number of thiocarbonyl (C=S) groups is 1. The third-order valence-electron chi connectivity index (χ3n) is 4.87. The molecule has 2 aromatic heterocycles. The van der Waals surface area contributed by atoms with Gasteiger partial charge >= 0.3 is 0 Å². The summed E-state index contributed by atoms with van der Waals surface area (Å²) in [4.78, 5) is 6.82. The number of nitrogens with one attached hydrogen (secondary N) is 1. The Morgan fingerprint density at radius 3 is 2.63 bits per heavy atom. The van der Waals surface area contributed by atoms with Crippen molar-refractivity contribution in [2.45, 2.75) is 25.4 Å². The third-order valence-corrected chi connectivity index (χ3v) is 5.23. The molecule has 3 aromatic rings. The lowest BCUT2D eigenvalue weighted by Gasteiger charge is -2.28. The minimum Gasteiger partial charge on any atom is -0.508 e. The lowest BCUT2D eigenvalue weighted by atomic mass is 10.0. The number of hydrogen-bond acceptors (Lipinski definition) is 3. The predicted octanol–water partition coefficient (Wildman–Crippen LogP) is 3.96. The average Bonchev–Trinajstić information content (AvgIpc) is 3.28. The molecule has 4 rings (SSSR count). The number of aromatic nitrogens is 2. The van der Waals surface area contributed by atoms with Gasteiger partial charge in [0.15, 0.2) is 5.11 Å². The number of hydrogen-bond donors (Lipinski definition) is 2. The SMILES string of the molecule is CCCN1C(=S)N[C@H](c2ccccn2)[C@H]1c1cccn1-c1ccc(O)cc1. The first kappa shape index (κ1) is 17.5. The Morgan fingerprint density at radius 2 is 1.93 bits per heavy atom. The van der Waals surface area contributed by atoms with Crippen LogP contribution in [0.15, 0.2) is 67.0 Å². The third kappa shape index (κ3) is 3.28. The van der Waals surface area contributed by atoms with Gasteiger partial charge in [-0.2, -0.15) is 0 Å². The van der Waals surface area contributed by atoms with E-state index in [1.54, 1.807) is 12.1 Å². The minimum absolute atomic E-state index is 0.0176. The van der Waals surface area contributed by atoms with Crippen LogP contribution in [0.1, 0.15) is 36.8 Å². The summed E-state index contributed by atoms with van der Waals surface area (Å²) in [7, 11) is 0. The van der Waals surface area contributed by atoms with E-state index in [0.29, 0.717) is 0 Å². The zero-order chi connectivity index (χ0) is 18.8. The monoisotopic (exact) mass is 378 g/mol. The number of aromatic hydroxyl groups is 1. The summed E-state index contributed by atoms with van der Waals surface area (Å²) in [5.74, 6) is 0.259. The molecule has 0 aliphatic carbocycles. The lowest BCUT2D eigenvalue weighted by molar-refractivity contribution is 0.309. The number of nitrogens with zero attached hydrogens (tertiary/aromatic N) is 3. The maximum absolute atomic E-state index is 9.62. The normalized spacial score (nSPS) is 19.3. The average molecular weight is 379 g/mol. The molecule has 2 N–H and O–H groups in total. The Bertz CT molecular complexity index is 923. The van der Waals surface area contributed by atoms with Crippen molar-refractivity contribution in [1.29, 1.82) is 0 Å². The van der Waals surface area contributed by atoms with E-state index in [2.05, 4.69) is 32.8 Å². The molecule has 1 aliphatic heterocycles. The Balaban J connectivity index is 1.80. The summed E-state index contributed by atoms with van der Waals surface area (Å²) in [6, 6.07) is 17.4. The van der Waals surface area contributed by atoms with Gasteiger partial charge in [-0.05, 0) is 67.2 Å². The molecule has 3 heterocycles. The van der Waals surface area contributed by atoms with Gasteiger partial charge in [-0.1, -0.05) is 13.0 Å². The topological polar surface area (TPSA) is 53.3 Å². The summed E-state index contributed by atoms with van der Waals surface area (Å²) >= 11 is 5.66. The number of benzene rings is 1. The van der Waals surface area contributed by atoms with E-state index >= 15 is 0 Å². The molecule has 27 heavy (non-hydrogen) atoms. The van der Waals surface area contributed by atoms with Crippen molar-refractivity contribution in [3.05, 3.63) is 78.4 Å². The lowest BCUT2D eigenvalue weighted by Crippen LogP contribution is -2.31. The van der Waals surface area contributed by atoms with Crippen molar-refractivity contribution >= 4 is 17.3 Å². The van der Waals surface area contributed by atoms with Crippen LogP contribution in [-0.4, -0.2) is 31.2 Å². The van der Waals surface area contributed by atoms with Gasteiger partial charge in [0.25, 0.3) is 0 Å². The highest BCUT2D eigenvalue weighted by atomic mass is 32.1. The molecule has 0 bridgehead atoms. The van der Waals surface area contributed by atoms with E-state index in [1.165, 1.54) is 0 Å². The summed E-state index contributed by atoms with van der Waals surface area (Å²) in [5.41, 5.74) is 3.11. The highest BCUT2D eigenvalue weighted by Gasteiger charge is 2.40. The Hall–Kier alpha value is -2.86. The Morgan fingerprint density at radius 1 is 1.11 bits per heavy atom. The van der Waals surface area contributed by atoms with E-state index in [9.17, 15) is 5.11 Å². The largest absolute Gasteiger partial charge is 0.508 e. The molecule has 5 nitrogen and oxygen atoms in total. The predicted molar refractivity (Wildman–Crippen MR) is 110 cm³/mol. The van der Waals surface area contributed by atoms with E-state index in [0.717, 1.165) is 35.2 Å². The van der Waals surface area contributed by atoms with Crippen molar-refractivity contribution in [2.75, 3.05) is 6.54 Å². The standard InChI is InChI=1S/C21H22N4OS/c1-2-13-25-20(19(23-21(25)27)17-6-3-4-12-22-17)18-7-5-14-24(18)15-8-10-16(26)11-9-15/h3-12,14,19-20,26H,2,13H2,1H3,(H,23,27)/t19-,20-/m1/s1. The van der Waals surface area contributed by atoms with Crippen LogP contribution in [0, 0.1) is 0 Å². The van der Waals surface area contributed by atoms with Crippen LogP contribution in [0.2, 0.25) is 0 Å². The first-order valence-electron chi connectivity index (χ1n) is 9.13. The first-order valence-corrected chi connectivity index (χ1v) is 9.54. The first-order chi connectivity index (χ1) is 13.2. The van der Waals surface area contributed by atoms with Crippen LogP contribution in [0.25, 0.3) is 5.69 Å². The molecule has 0 amide bonds. The molecule has 1 saturated heterocycles. The zero-order valence-electron chi connectivity index (χ0n) is 15.1. The second-order valence-corrected chi connectivity index (χ2v) is 7.03. The van der Waals surface area contributed by atoms with Crippen LogP contribution >= 0.6 is 12.2 Å². The van der Waals surface area contributed by atoms with Crippen molar-refractivity contribution in [3.8, 4) is 11.4 Å². The van der Waals surface area contributed by atoms with Gasteiger partial charge in [-0.15, -0.1) is 0 Å². The van der Waals surface area contributed by atoms with Gasteiger partial charge in [0.1, 0.15) is 5.75 Å². The van der Waals surface area contributed by atoms with Gasteiger partial charge in [0, 0.05) is 30.3 Å². The highest BCUT2D eigenvalue weighted by molar-refractivity contribution is 7.80. The summed E-state index contributed by atoms with van der Waals surface area (Å²) in [6.45, 7) is 3.04. The molecule has 138 valence electrons. The van der Waals surface area contributed by atoms with Crippen LogP contribution in [0.4, 0.5) is 0 Å². The number of phenolic OH excluding ortho intramolecular Hbond substituents is 1. The molecule has 0 radical (unpaired) electrons. The number of pyridine rings is 1. The van der Waals surface area contributed by atoms with E-state index in [4.69, 9.17) is 12.2 Å². The van der Waals surface area contributed by atoms with Crippen molar-refractivity contribution in [2.24, 2.45) is 0 Å². The fourth-order valence-electron chi connectivity index (χ4n) is 3.69. The van der Waals surface area contributed by atoms with Crippen LogP contribution in [0.3, 0.4) is 0 Å². The highest BCUT2D eigenvalue weighted by Crippen LogP contribution is 2.39. The fourth-order valence-corrected chi connectivity index (χ4v) is 4.02. The van der Waals surface area contributed by atoms with Gasteiger partial charge in [0.05, 0.1) is 17.8 Å². The molecular weight excluding hydrogens is 356 g/mol. The van der Waals surface area contributed by atoms with E-state index in [-0.39, 0.29) is 17.8 Å². The molecule has 1 aliphatic rings. The Kier molecular flexibility index (Phi) is 4.81. The fraction of sp³-hybridized carbons (Fsp3) is 0.238. The molecule has 6 heteroatoms. The van der Waals surface area contributed by atoms with Crippen LogP contribution < -0.4 is 5.32 Å².